The van der Waals surface area contributed by atoms with Crippen molar-refractivity contribution in [3.8, 4) is 0 Å². The predicted octanol–water partition coefficient (Wildman–Crippen LogP) is 3.88. The molecule has 20 heavy (non-hydrogen) atoms. The minimum absolute atomic E-state index is 0.593. The van der Waals surface area contributed by atoms with Gasteiger partial charge in [0.1, 0.15) is 5.82 Å². The molecule has 1 aromatic carbocycles. The number of para-hydroxylation sites is 2. The first-order valence-electron chi connectivity index (χ1n) is 7.30. The molecule has 0 N–H and O–H groups in total. The van der Waals surface area contributed by atoms with E-state index in [-0.39, 0.29) is 0 Å². The maximum atomic E-state index is 5.88. The number of rotatable bonds is 8. The van der Waals surface area contributed by atoms with E-state index < -0.39 is 0 Å². The molecule has 0 fully saturated rings. The second-order valence-electron chi connectivity index (χ2n) is 5.43. The van der Waals surface area contributed by atoms with Crippen LogP contribution in [0.2, 0.25) is 0 Å². The number of fused-ring (bicyclic) bond motifs is 1. The van der Waals surface area contributed by atoms with Crippen molar-refractivity contribution in [2.75, 3.05) is 19.1 Å². The Bertz CT molecular complexity index is 536. The molecule has 0 saturated heterocycles. The average Bonchev–Trinajstić information content (AvgIpc) is 2.76. The Morgan fingerprint density at radius 1 is 1.30 bits per heavy atom. The quantitative estimate of drug-likeness (QED) is 0.546. The summed E-state index contributed by atoms with van der Waals surface area (Å²) in [4.78, 5) is 4.67. The van der Waals surface area contributed by atoms with E-state index in [1.54, 1.807) is 0 Å². The van der Waals surface area contributed by atoms with Crippen LogP contribution in [-0.4, -0.2) is 28.6 Å². The van der Waals surface area contributed by atoms with E-state index in [0.717, 1.165) is 43.9 Å². The van der Waals surface area contributed by atoms with Crippen LogP contribution >= 0.6 is 11.6 Å². The molecule has 1 heterocycles. The molecule has 0 amide bonds. The van der Waals surface area contributed by atoms with Crippen molar-refractivity contribution >= 4 is 22.6 Å². The van der Waals surface area contributed by atoms with Gasteiger partial charge in [-0.3, -0.25) is 0 Å². The van der Waals surface area contributed by atoms with Gasteiger partial charge in [-0.15, -0.1) is 11.6 Å². The van der Waals surface area contributed by atoms with E-state index in [4.69, 9.17) is 16.3 Å². The van der Waals surface area contributed by atoms with Crippen LogP contribution in [0.5, 0.6) is 0 Å². The minimum Gasteiger partial charge on any atom is -0.381 e. The van der Waals surface area contributed by atoms with Crippen LogP contribution < -0.4 is 0 Å². The largest absolute Gasteiger partial charge is 0.381 e. The fraction of sp³-hybridized carbons (Fsp3) is 0.562. The molecular weight excluding hydrogens is 272 g/mol. The van der Waals surface area contributed by atoms with Crippen molar-refractivity contribution in [2.24, 2.45) is 5.92 Å². The van der Waals surface area contributed by atoms with E-state index >= 15 is 0 Å². The van der Waals surface area contributed by atoms with Crippen molar-refractivity contribution in [3.05, 3.63) is 30.1 Å². The Balaban J connectivity index is 2.01. The Hall–Kier alpha value is -1.06. The maximum Gasteiger partial charge on any atom is 0.111 e. The van der Waals surface area contributed by atoms with Gasteiger partial charge in [0.2, 0.25) is 0 Å². The SMILES string of the molecule is CC(C)COCCCn1c(CCCl)nc2ccccc21. The van der Waals surface area contributed by atoms with Gasteiger partial charge < -0.3 is 9.30 Å². The van der Waals surface area contributed by atoms with E-state index in [1.165, 1.54) is 5.52 Å². The van der Waals surface area contributed by atoms with Crippen LogP contribution in [0.15, 0.2) is 24.3 Å². The second-order valence-corrected chi connectivity index (χ2v) is 5.81. The lowest BCUT2D eigenvalue weighted by atomic mass is 10.2. The lowest BCUT2D eigenvalue weighted by Crippen LogP contribution is -2.09. The third-order valence-corrected chi connectivity index (χ3v) is 3.36. The molecule has 0 bridgehead atoms. The Kier molecular flexibility index (Phi) is 5.86. The molecule has 3 nitrogen and oxygen atoms in total. The van der Waals surface area contributed by atoms with Gasteiger partial charge in [0.05, 0.1) is 11.0 Å². The fourth-order valence-electron chi connectivity index (χ4n) is 2.29. The van der Waals surface area contributed by atoms with Crippen molar-refractivity contribution in [1.29, 1.82) is 0 Å². The lowest BCUT2D eigenvalue weighted by molar-refractivity contribution is 0.105. The zero-order valence-corrected chi connectivity index (χ0v) is 13.1. The monoisotopic (exact) mass is 294 g/mol. The number of aromatic nitrogens is 2. The van der Waals surface area contributed by atoms with Crippen molar-refractivity contribution in [3.63, 3.8) is 0 Å². The van der Waals surface area contributed by atoms with E-state index in [0.29, 0.717) is 11.8 Å². The molecule has 0 unspecified atom stereocenters. The van der Waals surface area contributed by atoms with Gasteiger partial charge in [-0.2, -0.15) is 0 Å². The predicted molar refractivity (Wildman–Crippen MR) is 84.4 cm³/mol. The molecular formula is C16H23ClN2O. The molecule has 4 heteroatoms. The number of alkyl halides is 1. The number of hydrogen-bond acceptors (Lipinski definition) is 2. The van der Waals surface area contributed by atoms with Crippen LogP contribution in [0.25, 0.3) is 11.0 Å². The average molecular weight is 295 g/mol. The highest BCUT2D eigenvalue weighted by Crippen LogP contribution is 2.17. The van der Waals surface area contributed by atoms with E-state index in [9.17, 15) is 0 Å². The lowest BCUT2D eigenvalue weighted by Gasteiger charge is -2.10. The molecule has 0 saturated carbocycles. The Morgan fingerprint density at radius 3 is 2.85 bits per heavy atom. The van der Waals surface area contributed by atoms with Crippen LogP contribution in [-0.2, 0) is 17.7 Å². The summed E-state index contributed by atoms with van der Waals surface area (Å²) >= 11 is 5.88. The highest BCUT2D eigenvalue weighted by molar-refractivity contribution is 6.17. The van der Waals surface area contributed by atoms with Crippen LogP contribution in [0.4, 0.5) is 0 Å². The summed E-state index contributed by atoms with van der Waals surface area (Å²) in [6.07, 6.45) is 1.81. The first kappa shape index (κ1) is 15.3. The molecule has 0 aliphatic carbocycles. The van der Waals surface area contributed by atoms with Crippen molar-refractivity contribution < 1.29 is 4.74 Å². The molecule has 0 aliphatic heterocycles. The van der Waals surface area contributed by atoms with E-state index in [1.807, 2.05) is 6.07 Å². The number of ether oxygens (including phenoxy) is 1. The fourth-order valence-corrected chi connectivity index (χ4v) is 2.46. The van der Waals surface area contributed by atoms with Gasteiger partial charge in [-0.05, 0) is 24.5 Å². The normalized spacial score (nSPS) is 11.6. The molecule has 0 spiro atoms. The molecule has 0 atom stereocenters. The molecule has 1 aromatic heterocycles. The second kappa shape index (κ2) is 7.65. The topological polar surface area (TPSA) is 27.1 Å². The summed E-state index contributed by atoms with van der Waals surface area (Å²) in [5.74, 6) is 2.27. The number of hydrogen-bond donors (Lipinski definition) is 0. The minimum atomic E-state index is 0.593. The van der Waals surface area contributed by atoms with Crippen LogP contribution in [0.3, 0.4) is 0 Å². The van der Waals surface area contributed by atoms with Gasteiger partial charge in [-0.25, -0.2) is 4.98 Å². The third kappa shape index (κ3) is 3.97. The van der Waals surface area contributed by atoms with Gasteiger partial charge >= 0.3 is 0 Å². The number of benzene rings is 1. The number of aryl methyl sites for hydroxylation is 2. The van der Waals surface area contributed by atoms with Gasteiger partial charge in [0.25, 0.3) is 0 Å². The van der Waals surface area contributed by atoms with Crippen LogP contribution in [0, 0.1) is 5.92 Å². The summed E-state index contributed by atoms with van der Waals surface area (Å²) in [6, 6.07) is 8.25. The van der Waals surface area contributed by atoms with Gasteiger partial charge in [0, 0.05) is 32.1 Å². The molecule has 2 rings (SSSR count). The molecule has 0 aliphatic rings. The summed E-state index contributed by atoms with van der Waals surface area (Å²) < 4.78 is 7.92. The number of imidazole rings is 1. The molecule has 0 radical (unpaired) electrons. The van der Waals surface area contributed by atoms with E-state index in [2.05, 4.69) is 41.6 Å². The molecule has 2 aromatic rings. The van der Waals surface area contributed by atoms with Gasteiger partial charge in [0.15, 0.2) is 0 Å². The van der Waals surface area contributed by atoms with Gasteiger partial charge in [-0.1, -0.05) is 26.0 Å². The first-order valence-corrected chi connectivity index (χ1v) is 7.83. The number of nitrogens with zero attached hydrogens (tertiary/aromatic N) is 2. The summed E-state index contributed by atoms with van der Waals surface area (Å²) in [5.41, 5.74) is 2.24. The highest BCUT2D eigenvalue weighted by Gasteiger charge is 2.09. The molecule has 110 valence electrons. The van der Waals surface area contributed by atoms with Crippen LogP contribution in [0.1, 0.15) is 26.1 Å². The summed E-state index contributed by atoms with van der Waals surface area (Å²) in [6.45, 7) is 6.90. The summed E-state index contributed by atoms with van der Waals surface area (Å²) in [7, 11) is 0. The maximum absolute atomic E-state index is 5.88. The Labute approximate surface area is 125 Å². The third-order valence-electron chi connectivity index (χ3n) is 3.17. The van der Waals surface area contributed by atoms with Crippen molar-refractivity contribution in [1.82, 2.24) is 9.55 Å². The number of halogens is 1. The zero-order valence-electron chi connectivity index (χ0n) is 12.3. The smallest absolute Gasteiger partial charge is 0.111 e. The first-order chi connectivity index (χ1) is 9.72. The summed E-state index contributed by atoms with van der Waals surface area (Å²) in [5, 5.41) is 0. The zero-order chi connectivity index (χ0) is 14.4. The standard InChI is InChI=1S/C16H23ClN2O/c1-13(2)12-20-11-5-10-19-15-7-4-3-6-14(15)18-16(19)8-9-17/h3-4,6-7,13H,5,8-12H2,1-2H3. The highest BCUT2D eigenvalue weighted by atomic mass is 35.5. The Morgan fingerprint density at radius 2 is 2.10 bits per heavy atom. The van der Waals surface area contributed by atoms with Crippen molar-refractivity contribution in [2.45, 2.75) is 33.2 Å².